The molecular formula is C36H48I2N2O10S2. The van der Waals surface area contributed by atoms with Crippen LogP contribution in [0, 0.1) is 29.4 Å². The maximum atomic E-state index is 13.3. The van der Waals surface area contributed by atoms with Crippen molar-refractivity contribution >= 4 is 115 Å². The number of rotatable bonds is 10. The van der Waals surface area contributed by atoms with E-state index in [1.54, 1.807) is 32.9 Å². The van der Waals surface area contributed by atoms with E-state index in [2.05, 4.69) is 36.4 Å². The molecule has 0 aliphatic heterocycles. The average molecular weight is 987 g/mol. The zero-order valence-electron chi connectivity index (χ0n) is 30.6. The number of hydrogen-bond acceptors (Lipinski definition) is 11. The fourth-order valence-electron chi connectivity index (χ4n) is 6.24. The van der Waals surface area contributed by atoms with E-state index in [0.717, 1.165) is 57.1 Å². The number of halogens is 2. The van der Waals surface area contributed by atoms with Crippen LogP contribution in [0.25, 0.3) is 0 Å². The molecular weight excluding hydrogens is 938 g/mol. The quantitative estimate of drug-likeness (QED) is 0.141. The lowest BCUT2D eigenvalue weighted by molar-refractivity contribution is -0.153. The van der Waals surface area contributed by atoms with Crippen molar-refractivity contribution in [1.29, 1.82) is 0 Å². The maximum Gasteiger partial charge on any atom is 0.350 e. The predicted octanol–water partition coefficient (Wildman–Crippen LogP) is 8.02. The molecule has 12 nitrogen and oxygen atoms in total. The van der Waals surface area contributed by atoms with Gasteiger partial charge in [0.2, 0.25) is 11.8 Å². The number of carboxylic acids is 1. The number of carbonyl (C=O) groups excluding carboxylic acids is 5. The lowest BCUT2D eigenvalue weighted by Crippen LogP contribution is -2.43. The van der Waals surface area contributed by atoms with Crippen LogP contribution in [-0.4, -0.2) is 73.7 Å². The van der Waals surface area contributed by atoms with Gasteiger partial charge in [-0.2, -0.15) is 0 Å². The topological polar surface area (TPSA) is 157 Å². The lowest BCUT2D eigenvalue weighted by Gasteiger charge is -2.31. The van der Waals surface area contributed by atoms with Gasteiger partial charge in [0.1, 0.15) is 28.4 Å². The molecule has 4 rings (SSSR count). The molecule has 0 atom stereocenters. The minimum atomic E-state index is -1.11. The summed E-state index contributed by atoms with van der Waals surface area (Å²) in [4.78, 5) is 77.5. The van der Waals surface area contributed by atoms with Gasteiger partial charge in [-0.3, -0.25) is 29.0 Å². The minimum Gasteiger partial charge on any atom is -0.480 e. The zero-order chi connectivity index (χ0) is 38.9. The van der Waals surface area contributed by atoms with Crippen molar-refractivity contribution < 1.29 is 48.1 Å². The van der Waals surface area contributed by atoms with E-state index < -0.39 is 36.0 Å². The molecule has 0 unspecified atom stereocenters. The lowest BCUT2D eigenvalue weighted by atomic mass is 9.82. The summed E-state index contributed by atoms with van der Waals surface area (Å²) >= 11 is 6.59. The highest BCUT2D eigenvalue weighted by atomic mass is 127. The summed E-state index contributed by atoms with van der Waals surface area (Å²) in [5, 5.41) is 9.22. The van der Waals surface area contributed by atoms with Gasteiger partial charge in [0, 0.05) is 11.8 Å². The van der Waals surface area contributed by atoms with E-state index in [0.29, 0.717) is 28.1 Å². The average Bonchev–Trinajstić information content (AvgIpc) is 3.67. The fraction of sp³-hybridized carbons (Fsp3) is 0.611. The number of ether oxygens (including phenoxy) is 3. The zero-order valence-corrected chi connectivity index (χ0v) is 36.6. The van der Waals surface area contributed by atoms with Crippen LogP contribution in [0.4, 0.5) is 11.4 Å². The Hall–Kier alpha value is -2.32. The molecule has 0 spiro atoms. The summed E-state index contributed by atoms with van der Waals surface area (Å²) < 4.78 is 16.7. The van der Waals surface area contributed by atoms with Gasteiger partial charge in [0.15, 0.2) is 0 Å². The summed E-state index contributed by atoms with van der Waals surface area (Å²) in [7, 11) is 2.58. The second-order valence-electron chi connectivity index (χ2n) is 14.3. The van der Waals surface area contributed by atoms with E-state index in [-0.39, 0.29) is 35.1 Å². The van der Waals surface area contributed by atoms with Gasteiger partial charge in [0.05, 0.1) is 31.4 Å². The Kier molecular flexibility index (Phi) is 16.8. The van der Waals surface area contributed by atoms with E-state index in [1.165, 1.54) is 46.7 Å². The third-order valence-electron chi connectivity index (χ3n) is 8.95. The number of aliphatic carboxylic acids is 1. The summed E-state index contributed by atoms with van der Waals surface area (Å²) in [6, 6.07) is 3.43. The largest absolute Gasteiger partial charge is 0.480 e. The number of nitrogens with zero attached hydrogens (tertiary/aromatic N) is 2. The number of methoxy groups -OCH3 is 2. The second-order valence-corrected chi connectivity index (χ2v) is 20.1. The standard InChI is InChI=1S/C20H28INO5S.C16H20INO5S/c1-12-6-8-13(9-7-12)18(24)22(11-16(23)27-20(2,3)4)14-10-15(21)28-17(14)19(25)26-5;1-9-3-5-10(6-4-9)15(21)18(8-13(19)20)11-7-12(17)24-14(11)16(22)23-2/h10,12-13H,6-9,11H2,1-5H3;7,9-10H,3-6,8H2,1-2H3,(H,19,20). The SMILES string of the molecule is COC(=O)c1sc(I)cc1N(CC(=O)O)C(=O)C1CCC(C)CC1.COC(=O)c1sc(I)cc1N(CC(=O)OC(C)(C)C)C(=O)C1CCC(C)CC1. The Labute approximate surface area is 340 Å². The van der Waals surface area contributed by atoms with E-state index in [4.69, 9.17) is 14.2 Å². The third kappa shape index (κ3) is 12.6. The second kappa shape index (κ2) is 19.8. The smallest absolute Gasteiger partial charge is 0.350 e. The third-order valence-corrected chi connectivity index (χ3v) is 12.7. The first-order valence-electron chi connectivity index (χ1n) is 17.2. The van der Waals surface area contributed by atoms with Gasteiger partial charge in [-0.25, -0.2) is 9.59 Å². The number of thiophene rings is 2. The van der Waals surface area contributed by atoms with E-state index >= 15 is 0 Å². The molecule has 2 heterocycles. The molecule has 2 amide bonds. The van der Waals surface area contributed by atoms with Crippen molar-refractivity contribution in [1.82, 2.24) is 0 Å². The molecule has 1 N–H and O–H groups in total. The van der Waals surface area contributed by atoms with Crippen molar-refractivity contribution in [2.24, 2.45) is 23.7 Å². The van der Waals surface area contributed by atoms with Crippen molar-refractivity contribution in [2.75, 3.05) is 37.1 Å². The summed E-state index contributed by atoms with van der Waals surface area (Å²) in [6.07, 6.45) is 6.99. The van der Waals surface area contributed by atoms with Crippen LogP contribution >= 0.6 is 67.9 Å². The Morgan fingerprint density at radius 1 is 0.712 bits per heavy atom. The minimum absolute atomic E-state index is 0.128. The van der Waals surface area contributed by atoms with E-state index in [1.807, 2.05) is 22.6 Å². The van der Waals surface area contributed by atoms with Crippen LogP contribution in [0.1, 0.15) is 105 Å². The van der Waals surface area contributed by atoms with Crippen molar-refractivity contribution in [2.45, 2.75) is 91.6 Å². The first-order chi connectivity index (χ1) is 24.3. The first kappa shape index (κ1) is 44.1. The number of amides is 2. The molecule has 2 aliphatic carbocycles. The van der Waals surface area contributed by atoms with Gasteiger partial charge in [-0.15, -0.1) is 22.7 Å². The van der Waals surface area contributed by atoms with Gasteiger partial charge in [-0.05, 0) is 141 Å². The summed E-state index contributed by atoms with van der Waals surface area (Å²) in [6.45, 7) is 9.02. The van der Waals surface area contributed by atoms with Crippen LogP contribution in [0.2, 0.25) is 0 Å². The molecule has 52 heavy (non-hydrogen) atoms. The number of hydrogen-bond donors (Lipinski definition) is 1. The molecule has 0 aromatic carbocycles. The summed E-state index contributed by atoms with van der Waals surface area (Å²) in [5.74, 6) is -2.16. The Balaban J connectivity index is 0.000000284. The van der Waals surface area contributed by atoms with Crippen LogP contribution in [0.15, 0.2) is 12.1 Å². The van der Waals surface area contributed by atoms with Crippen molar-refractivity contribution in [3.8, 4) is 0 Å². The molecule has 0 radical (unpaired) electrons. The first-order valence-corrected chi connectivity index (χ1v) is 21.0. The normalized spacial score (nSPS) is 20.1. The predicted molar refractivity (Wildman–Crippen MR) is 217 cm³/mol. The van der Waals surface area contributed by atoms with Crippen molar-refractivity contribution in [3.63, 3.8) is 0 Å². The highest BCUT2D eigenvalue weighted by molar-refractivity contribution is 14.1. The number of anilines is 2. The van der Waals surface area contributed by atoms with Gasteiger partial charge in [-0.1, -0.05) is 13.8 Å². The number of esters is 3. The highest BCUT2D eigenvalue weighted by Crippen LogP contribution is 2.37. The van der Waals surface area contributed by atoms with E-state index in [9.17, 15) is 33.9 Å². The highest BCUT2D eigenvalue weighted by Gasteiger charge is 2.35. The van der Waals surface area contributed by atoms with Crippen LogP contribution < -0.4 is 9.80 Å². The Bertz CT molecular complexity index is 1600. The number of carbonyl (C=O) groups is 6. The van der Waals surface area contributed by atoms with Crippen LogP contribution in [0.5, 0.6) is 0 Å². The molecule has 0 bridgehead atoms. The molecule has 2 aromatic rings. The van der Waals surface area contributed by atoms with Gasteiger partial charge in [0.25, 0.3) is 0 Å². The van der Waals surface area contributed by atoms with Gasteiger partial charge >= 0.3 is 23.9 Å². The van der Waals surface area contributed by atoms with Crippen molar-refractivity contribution in [3.05, 3.63) is 27.7 Å². The molecule has 288 valence electrons. The van der Waals surface area contributed by atoms with Gasteiger partial charge < -0.3 is 19.3 Å². The maximum absolute atomic E-state index is 13.3. The molecule has 16 heteroatoms. The fourth-order valence-corrected chi connectivity index (χ4v) is 9.76. The summed E-state index contributed by atoms with van der Waals surface area (Å²) in [5.41, 5.74) is 0.110. The van der Waals surface area contributed by atoms with Crippen LogP contribution in [0.3, 0.4) is 0 Å². The Morgan fingerprint density at radius 3 is 1.40 bits per heavy atom. The van der Waals surface area contributed by atoms with Crippen LogP contribution in [-0.2, 0) is 33.4 Å². The molecule has 2 aliphatic rings. The molecule has 2 saturated carbocycles. The molecule has 2 aromatic heterocycles. The monoisotopic (exact) mass is 986 g/mol. The Morgan fingerprint density at radius 2 is 1.08 bits per heavy atom. The number of carboxylic acid groups (broad SMARTS) is 1. The molecule has 2 fully saturated rings. The molecule has 0 saturated heterocycles.